The van der Waals surface area contributed by atoms with Gasteiger partial charge >= 0.3 is 6.03 Å². The third-order valence-electron chi connectivity index (χ3n) is 5.13. The first kappa shape index (κ1) is 20.2. The Balaban J connectivity index is 1.50. The monoisotopic (exact) mass is 424 g/mol. The second kappa shape index (κ2) is 9.13. The quantitative estimate of drug-likeness (QED) is 0.537. The van der Waals surface area contributed by atoms with Crippen molar-refractivity contribution < 1.29 is 14.3 Å². The third kappa shape index (κ3) is 4.71. The molecule has 3 aromatic rings. The summed E-state index contributed by atoms with van der Waals surface area (Å²) < 4.78 is 6.27. The second-order valence-electron chi connectivity index (χ2n) is 7.30. The molecule has 2 aromatic carbocycles. The number of amides is 3. The van der Waals surface area contributed by atoms with E-state index in [0.717, 1.165) is 30.4 Å². The predicted molar refractivity (Wildman–Crippen MR) is 120 cm³/mol. The number of methoxy groups -OCH3 is 1. The molecule has 1 heterocycles. The first-order chi connectivity index (χ1) is 14.6. The van der Waals surface area contributed by atoms with Crippen LogP contribution < -0.4 is 20.7 Å². The molecular formula is C22H24N4O3S. The molecule has 0 unspecified atom stereocenters. The number of carbonyl (C=O) groups is 2. The minimum atomic E-state index is -0.223. The fraction of sp³-hybridized carbons (Fsp3) is 0.318. The van der Waals surface area contributed by atoms with Gasteiger partial charge in [-0.2, -0.15) is 0 Å². The van der Waals surface area contributed by atoms with Gasteiger partial charge in [0.1, 0.15) is 11.3 Å². The Morgan fingerprint density at radius 3 is 2.57 bits per heavy atom. The van der Waals surface area contributed by atoms with Crippen molar-refractivity contribution in [3.8, 4) is 5.75 Å². The van der Waals surface area contributed by atoms with Gasteiger partial charge in [0.05, 0.1) is 11.8 Å². The number of ether oxygens (including phenoxy) is 1. The Kier molecular flexibility index (Phi) is 6.13. The van der Waals surface area contributed by atoms with Crippen molar-refractivity contribution in [2.75, 3.05) is 17.7 Å². The number of urea groups is 1. The van der Waals surface area contributed by atoms with Crippen LogP contribution >= 0.6 is 11.3 Å². The maximum atomic E-state index is 12.4. The molecule has 1 aliphatic rings. The average Bonchev–Trinajstić information content (AvgIpc) is 3.16. The van der Waals surface area contributed by atoms with Crippen molar-refractivity contribution in [3.05, 3.63) is 48.0 Å². The summed E-state index contributed by atoms with van der Waals surface area (Å²) in [7, 11) is 1.56. The lowest BCUT2D eigenvalue weighted by molar-refractivity contribution is 0.102. The smallest absolute Gasteiger partial charge is 0.319 e. The van der Waals surface area contributed by atoms with E-state index in [0.29, 0.717) is 27.6 Å². The number of nitrogens with zero attached hydrogens (tertiary/aromatic N) is 1. The van der Waals surface area contributed by atoms with Crippen LogP contribution in [0.1, 0.15) is 42.5 Å². The van der Waals surface area contributed by atoms with Gasteiger partial charge in [-0.05, 0) is 31.0 Å². The SMILES string of the molecule is COc1cc(NC(=O)NC2CCCCC2)cc2sc(NC(=O)c3ccccc3)nc12. The highest BCUT2D eigenvalue weighted by atomic mass is 32.1. The lowest BCUT2D eigenvalue weighted by Gasteiger charge is -2.22. The second-order valence-corrected chi connectivity index (χ2v) is 8.33. The van der Waals surface area contributed by atoms with Crippen LogP contribution in [-0.2, 0) is 0 Å². The number of anilines is 2. The van der Waals surface area contributed by atoms with Crippen molar-refractivity contribution in [2.45, 2.75) is 38.1 Å². The van der Waals surface area contributed by atoms with E-state index in [1.54, 1.807) is 25.3 Å². The van der Waals surface area contributed by atoms with Crippen LogP contribution in [0.4, 0.5) is 15.6 Å². The first-order valence-corrected chi connectivity index (χ1v) is 10.9. The summed E-state index contributed by atoms with van der Waals surface area (Å²) >= 11 is 1.33. The summed E-state index contributed by atoms with van der Waals surface area (Å²) in [6, 6.07) is 12.6. The molecule has 4 rings (SSSR count). The van der Waals surface area contributed by atoms with Crippen LogP contribution in [0.3, 0.4) is 0 Å². The van der Waals surface area contributed by atoms with Crippen molar-refractivity contribution in [1.82, 2.24) is 10.3 Å². The molecule has 1 aliphatic carbocycles. The van der Waals surface area contributed by atoms with Crippen LogP contribution in [-0.4, -0.2) is 30.1 Å². The van der Waals surface area contributed by atoms with Gasteiger partial charge in [0.25, 0.3) is 5.91 Å². The molecule has 1 aromatic heterocycles. The van der Waals surface area contributed by atoms with Crippen LogP contribution in [0.2, 0.25) is 0 Å². The van der Waals surface area contributed by atoms with Crippen molar-refractivity contribution in [2.24, 2.45) is 0 Å². The van der Waals surface area contributed by atoms with Crippen molar-refractivity contribution >= 4 is 44.3 Å². The summed E-state index contributed by atoms with van der Waals surface area (Å²) in [5.41, 5.74) is 1.83. The zero-order valence-electron chi connectivity index (χ0n) is 16.7. The Labute approximate surface area is 178 Å². The summed E-state index contributed by atoms with van der Waals surface area (Å²) in [6.45, 7) is 0. The topological polar surface area (TPSA) is 92.4 Å². The minimum absolute atomic E-state index is 0.217. The van der Waals surface area contributed by atoms with Gasteiger partial charge in [0.2, 0.25) is 0 Å². The van der Waals surface area contributed by atoms with Gasteiger partial charge in [-0.25, -0.2) is 9.78 Å². The number of nitrogens with one attached hydrogen (secondary N) is 3. The Bertz CT molecular complexity index is 1050. The highest BCUT2D eigenvalue weighted by Gasteiger charge is 2.17. The largest absolute Gasteiger partial charge is 0.494 e. The van der Waals surface area contributed by atoms with E-state index in [-0.39, 0.29) is 18.0 Å². The van der Waals surface area contributed by atoms with Gasteiger partial charge < -0.3 is 15.4 Å². The third-order valence-corrected chi connectivity index (χ3v) is 6.05. The summed E-state index contributed by atoms with van der Waals surface area (Å²) in [5.74, 6) is 0.316. The number of hydrogen-bond donors (Lipinski definition) is 3. The molecule has 0 saturated heterocycles. The summed E-state index contributed by atoms with van der Waals surface area (Å²) in [5, 5.41) is 9.24. The molecule has 1 fully saturated rings. The van der Waals surface area contributed by atoms with Gasteiger partial charge in [0.15, 0.2) is 5.13 Å². The van der Waals surface area contributed by atoms with E-state index >= 15 is 0 Å². The number of fused-ring (bicyclic) bond motifs is 1. The molecule has 30 heavy (non-hydrogen) atoms. The van der Waals surface area contributed by atoms with Crippen LogP contribution in [0.25, 0.3) is 10.2 Å². The maximum absolute atomic E-state index is 12.4. The number of aromatic nitrogens is 1. The van der Waals surface area contributed by atoms with E-state index < -0.39 is 0 Å². The molecule has 0 bridgehead atoms. The zero-order valence-corrected chi connectivity index (χ0v) is 17.6. The Morgan fingerprint density at radius 1 is 1.07 bits per heavy atom. The van der Waals surface area contributed by atoms with Crippen molar-refractivity contribution in [3.63, 3.8) is 0 Å². The standard InChI is InChI=1S/C22H24N4O3S/c1-29-17-12-16(24-21(28)23-15-10-6-3-7-11-15)13-18-19(17)25-22(30-18)26-20(27)14-8-4-2-5-9-14/h2,4-5,8-9,12-13,15H,3,6-7,10-11H2,1H3,(H2,23,24,28)(H,25,26,27). The first-order valence-electron chi connectivity index (χ1n) is 10.0. The molecule has 7 nitrogen and oxygen atoms in total. The number of carbonyl (C=O) groups excluding carboxylic acids is 2. The molecule has 1 saturated carbocycles. The van der Waals surface area contributed by atoms with Gasteiger partial charge in [-0.1, -0.05) is 48.8 Å². The van der Waals surface area contributed by atoms with E-state index in [2.05, 4.69) is 20.9 Å². The molecule has 0 aliphatic heterocycles. The normalized spacial score (nSPS) is 14.3. The predicted octanol–water partition coefficient (Wildman–Crippen LogP) is 5.01. The van der Waals surface area contributed by atoms with Gasteiger partial charge in [0, 0.05) is 23.4 Å². The Hall–Kier alpha value is -3.13. The van der Waals surface area contributed by atoms with Crippen LogP contribution in [0.5, 0.6) is 5.75 Å². The highest BCUT2D eigenvalue weighted by Crippen LogP contribution is 2.35. The van der Waals surface area contributed by atoms with Gasteiger partial charge in [-0.15, -0.1) is 0 Å². The summed E-state index contributed by atoms with van der Waals surface area (Å²) in [4.78, 5) is 29.3. The average molecular weight is 425 g/mol. The molecule has 0 atom stereocenters. The molecular weight excluding hydrogens is 400 g/mol. The fourth-order valence-corrected chi connectivity index (χ4v) is 4.56. The van der Waals surface area contributed by atoms with Crippen LogP contribution in [0, 0.1) is 0 Å². The number of thiazole rings is 1. The lowest BCUT2D eigenvalue weighted by atomic mass is 9.96. The molecule has 3 amide bonds. The van der Waals surface area contributed by atoms with E-state index in [1.807, 2.05) is 24.3 Å². The molecule has 0 spiro atoms. The molecule has 3 N–H and O–H groups in total. The molecule has 8 heteroatoms. The van der Waals surface area contributed by atoms with E-state index in [9.17, 15) is 9.59 Å². The number of benzene rings is 2. The summed E-state index contributed by atoms with van der Waals surface area (Å²) in [6.07, 6.45) is 5.60. The molecule has 156 valence electrons. The Morgan fingerprint density at radius 2 is 1.83 bits per heavy atom. The lowest BCUT2D eigenvalue weighted by Crippen LogP contribution is -2.39. The molecule has 0 radical (unpaired) electrons. The number of hydrogen-bond acceptors (Lipinski definition) is 5. The van der Waals surface area contributed by atoms with E-state index in [1.165, 1.54) is 17.8 Å². The van der Waals surface area contributed by atoms with Crippen molar-refractivity contribution in [1.29, 1.82) is 0 Å². The van der Waals surface area contributed by atoms with Gasteiger partial charge in [-0.3, -0.25) is 10.1 Å². The van der Waals surface area contributed by atoms with Crippen LogP contribution in [0.15, 0.2) is 42.5 Å². The van der Waals surface area contributed by atoms with E-state index in [4.69, 9.17) is 4.74 Å². The maximum Gasteiger partial charge on any atom is 0.319 e. The minimum Gasteiger partial charge on any atom is -0.494 e. The fourth-order valence-electron chi connectivity index (χ4n) is 3.64. The zero-order chi connectivity index (χ0) is 20.9. The highest BCUT2D eigenvalue weighted by molar-refractivity contribution is 7.22. The number of rotatable bonds is 5.